The average Bonchev–Trinajstić information content (AvgIpc) is 2.54. The van der Waals surface area contributed by atoms with Gasteiger partial charge in [-0.1, -0.05) is 12.1 Å². The second-order valence-electron chi connectivity index (χ2n) is 4.81. The predicted molar refractivity (Wildman–Crippen MR) is 80.6 cm³/mol. The Morgan fingerprint density at radius 2 is 1.86 bits per heavy atom. The Kier molecular flexibility index (Phi) is 2.54. The Balaban J connectivity index is 1.97. The standard InChI is InChI=1S/C17H11N3O/c18-14-8-17(21-16-4-2-1-3-13(14)16)15-7-12-9-19-6-5-11(12)10-20-15/h1-10,18H. The molecule has 4 nitrogen and oxygen atoms in total. The number of rotatable bonds is 1. The van der Waals surface area contributed by atoms with E-state index in [0.717, 1.165) is 16.2 Å². The molecule has 4 rings (SSSR count). The zero-order valence-corrected chi connectivity index (χ0v) is 11.1. The van der Waals surface area contributed by atoms with Gasteiger partial charge in [0.2, 0.25) is 0 Å². The number of nitrogens with one attached hydrogen (secondary N) is 1. The van der Waals surface area contributed by atoms with Crippen molar-refractivity contribution in [2.75, 3.05) is 0 Å². The zero-order chi connectivity index (χ0) is 14.2. The minimum Gasteiger partial charge on any atom is -0.454 e. The molecule has 0 atom stereocenters. The summed E-state index contributed by atoms with van der Waals surface area (Å²) >= 11 is 0. The van der Waals surface area contributed by atoms with E-state index in [0.29, 0.717) is 22.4 Å². The zero-order valence-electron chi connectivity index (χ0n) is 11.1. The molecule has 0 aliphatic rings. The van der Waals surface area contributed by atoms with Gasteiger partial charge in [-0.2, -0.15) is 0 Å². The van der Waals surface area contributed by atoms with E-state index in [1.165, 1.54) is 0 Å². The van der Waals surface area contributed by atoms with Crippen molar-refractivity contribution in [1.82, 2.24) is 9.97 Å². The van der Waals surface area contributed by atoms with Gasteiger partial charge in [-0.25, -0.2) is 0 Å². The smallest absolute Gasteiger partial charge is 0.155 e. The molecular formula is C17H11N3O. The summed E-state index contributed by atoms with van der Waals surface area (Å²) in [6, 6.07) is 13.1. The maximum absolute atomic E-state index is 8.12. The highest BCUT2D eigenvalue weighted by Gasteiger charge is 2.07. The first-order valence-electron chi connectivity index (χ1n) is 6.59. The van der Waals surface area contributed by atoms with Crippen LogP contribution < -0.4 is 5.36 Å². The molecule has 0 radical (unpaired) electrons. The Morgan fingerprint density at radius 1 is 0.952 bits per heavy atom. The van der Waals surface area contributed by atoms with Crippen LogP contribution in [0.1, 0.15) is 0 Å². The van der Waals surface area contributed by atoms with Crippen LogP contribution in [0.15, 0.2) is 65.5 Å². The van der Waals surface area contributed by atoms with Crippen molar-refractivity contribution in [2.24, 2.45) is 0 Å². The number of para-hydroxylation sites is 1. The molecule has 3 aromatic heterocycles. The molecule has 0 fully saturated rings. The van der Waals surface area contributed by atoms with E-state index < -0.39 is 0 Å². The lowest BCUT2D eigenvalue weighted by atomic mass is 10.1. The highest BCUT2D eigenvalue weighted by atomic mass is 16.3. The summed E-state index contributed by atoms with van der Waals surface area (Å²) in [6.07, 6.45) is 5.33. The Hall–Kier alpha value is -3.01. The molecule has 0 saturated carbocycles. The lowest BCUT2D eigenvalue weighted by Crippen LogP contribution is -2.00. The molecule has 4 aromatic rings. The van der Waals surface area contributed by atoms with Crippen LogP contribution in [0, 0.1) is 5.41 Å². The van der Waals surface area contributed by atoms with Gasteiger partial charge in [0.15, 0.2) is 5.76 Å². The van der Waals surface area contributed by atoms with Crippen LogP contribution in [0.3, 0.4) is 0 Å². The summed E-state index contributed by atoms with van der Waals surface area (Å²) in [4.78, 5) is 8.54. The topological polar surface area (TPSA) is 62.8 Å². The molecule has 100 valence electrons. The fraction of sp³-hybridized carbons (Fsp3) is 0. The van der Waals surface area contributed by atoms with Crippen molar-refractivity contribution in [2.45, 2.75) is 0 Å². The second-order valence-corrected chi connectivity index (χ2v) is 4.81. The van der Waals surface area contributed by atoms with E-state index in [-0.39, 0.29) is 0 Å². The van der Waals surface area contributed by atoms with Gasteiger partial charge in [-0.3, -0.25) is 15.4 Å². The molecule has 0 aliphatic heterocycles. The third-order valence-corrected chi connectivity index (χ3v) is 3.45. The highest BCUT2D eigenvalue weighted by molar-refractivity contribution is 5.84. The van der Waals surface area contributed by atoms with E-state index in [4.69, 9.17) is 9.83 Å². The van der Waals surface area contributed by atoms with Gasteiger partial charge >= 0.3 is 0 Å². The fourth-order valence-electron chi connectivity index (χ4n) is 2.38. The molecule has 0 amide bonds. The van der Waals surface area contributed by atoms with Crippen LogP contribution >= 0.6 is 0 Å². The minimum atomic E-state index is 0.430. The average molecular weight is 273 g/mol. The number of fused-ring (bicyclic) bond motifs is 2. The number of benzene rings is 1. The number of pyridine rings is 2. The Labute approximate surface area is 120 Å². The van der Waals surface area contributed by atoms with E-state index >= 15 is 0 Å². The number of hydrogen-bond donors (Lipinski definition) is 1. The first-order valence-corrected chi connectivity index (χ1v) is 6.59. The minimum absolute atomic E-state index is 0.430. The summed E-state index contributed by atoms with van der Waals surface area (Å²) in [6.45, 7) is 0. The van der Waals surface area contributed by atoms with Crippen LogP contribution in [-0.2, 0) is 0 Å². The molecule has 21 heavy (non-hydrogen) atoms. The Bertz CT molecular complexity index is 1020. The third-order valence-electron chi connectivity index (χ3n) is 3.45. The van der Waals surface area contributed by atoms with Crippen LogP contribution in [0.25, 0.3) is 33.2 Å². The SMILES string of the molecule is N=c1cc(-c2cc3cnccc3cn2)oc2ccccc12. The summed E-state index contributed by atoms with van der Waals surface area (Å²) in [5, 5.41) is 11.4. The molecule has 3 heterocycles. The first kappa shape index (κ1) is 11.8. The highest BCUT2D eigenvalue weighted by Crippen LogP contribution is 2.23. The van der Waals surface area contributed by atoms with Crippen molar-refractivity contribution in [3.8, 4) is 11.5 Å². The van der Waals surface area contributed by atoms with Gasteiger partial charge in [-0.05, 0) is 24.3 Å². The van der Waals surface area contributed by atoms with Crippen molar-refractivity contribution in [3.63, 3.8) is 0 Å². The van der Waals surface area contributed by atoms with Crippen LogP contribution in [0.5, 0.6) is 0 Å². The number of nitrogens with zero attached hydrogens (tertiary/aromatic N) is 2. The number of aromatic nitrogens is 2. The molecule has 4 heteroatoms. The summed E-state index contributed by atoms with van der Waals surface area (Å²) in [7, 11) is 0. The molecule has 0 aliphatic carbocycles. The van der Waals surface area contributed by atoms with Crippen LogP contribution in [0.4, 0.5) is 0 Å². The van der Waals surface area contributed by atoms with Crippen molar-refractivity contribution in [1.29, 1.82) is 5.41 Å². The fourth-order valence-corrected chi connectivity index (χ4v) is 2.38. The summed E-state index contributed by atoms with van der Waals surface area (Å²) in [5.74, 6) is 0.587. The van der Waals surface area contributed by atoms with Crippen LogP contribution in [0.2, 0.25) is 0 Å². The van der Waals surface area contributed by atoms with Gasteiger partial charge in [0, 0.05) is 40.8 Å². The lowest BCUT2D eigenvalue weighted by molar-refractivity contribution is 0.615. The van der Waals surface area contributed by atoms with Gasteiger partial charge in [0.05, 0.1) is 5.36 Å². The lowest BCUT2D eigenvalue weighted by Gasteiger charge is -2.04. The summed E-state index contributed by atoms with van der Waals surface area (Å²) in [5.41, 5.74) is 1.39. The van der Waals surface area contributed by atoms with E-state index in [9.17, 15) is 0 Å². The van der Waals surface area contributed by atoms with Gasteiger partial charge in [0.1, 0.15) is 11.3 Å². The van der Waals surface area contributed by atoms with Gasteiger partial charge in [0.25, 0.3) is 0 Å². The number of hydrogen-bond acceptors (Lipinski definition) is 4. The Morgan fingerprint density at radius 3 is 2.81 bits per heavy atom. The molecular weight excluding hydrogens is 262 g/mol. The molecule has 0 bridgehead atoms. The largest absolute Gasteiger partial charge is 0.454 e. The van der Waals surface area contributed by atoms with E-state index in [1.54, 1.807) is 24.7 Å². The molecule has 0 saturated heterocycles. The third kappa shape index (κ3) is 1.97. The molecule has 0 spiro atoms. The molecule has 1 N–H and O–H groups in total. The van der Waals surface area contributed by atoms with Crippen LogP contribution in [-0.4, -0.2) is 9.97 Å². The van der Waals surface area contributed by atoms with Crippen molar-refractivity contribution >= 4 is 21.7 Å². The van der Waals surface area contributed by atoms with Crippen molar-refractivity contribution < 1.29 is 4.42 Å². The second kappa shape index (κ2) is 4.52. The summed E-state index contributed by atoms with van der Waals surface area (Å²) < 4.78 is 5.87. The molecule has 0 unspecified atom stereocenters. The predicted octanol–water partition coefficient (Wildman–Crippen LogP) is 3.52. The maximum Gasteiger partial charge on any atom is 0.155 e. The first-order chi connectivity index (χ1) is 10.3. The van der Waals surface area contributed by atoms with E-state index in [1.807, 2.05) is 36.4 Å². The maximum atomic E-state index is 8.12. The quantitative estimate of drug-likeness (QED) is 0.577. The monoisotopic (exact) mass is 273 g/mol. The van der Waals surface area contributed by atoms with Crippen molar-refractivity contribution in [3.05, 3.63) is 66.4 Å². The van der Waals surface area contributed by atoms with Gasteiger partial charge in [-0.15, -0.1) is 0 Å². The van der Waals surface area contributed by atoms with Gasteiger partial charge < -0.3 is 4.42 Å². The molecule has 1 aromatic carbocycles. The van der Waals surface area contributed by atoms with E-state index in [2.05, 4.69) is 9.97 Å². The normalized spacial score (nSPS) is 11.0.